The van der Waals surface area contributed by atoms with Gasteiger partial charge >= 0.3 is 0 Å². The molecule has 0 aliphatic carbocycles. The molecule has 0 aliphatic heterocycles. The van der Waals surface area contributed by atoms with Crippen molar-refractivity contribution in [1.82, 2.24) is 19.5 Å². The number of sulfonamides is 1. The fourth-order valence-corrected chi connectivity index (χ4v) is 7.25. The number of nitrogens with one attached hydrogen (secondary N) is 1. The first-order valence-corrected chi connectivity index (χ1v) is 16.5. The van der Waals surface area contributed by atoms with Crippen molar-refractivity contribution in [2.45, 2.75) is 79.3 Å². The molecule has 10 heteroatoms. The highest BCUT2D eigenvalue weighted by molar-refractivity contribution is 7.89. The summed E-state index contributed by atoms with van der Waals surface area (Å²) in [6.45, 7) is 19.9. The molecule has 2 aromatic heterocycles. The predicted octanol–water partition coefficient (Wildman–Crippen LogP) is 5.84. The number of thiazole rings is 1. The van der Waals surface area contributed by atoms with Gasteiger partial charge < -0.3 is 14.2 Å². The highest BCUT2D eigenvalue weighted by Crippen LogP contribution is 2.23. The lowest BCUT2D eigenvalue weighted by Gasteiger charge is -2.32. The summed E-state index contributed by atoms with van der Waals surface area (Å²) in [7, 11) is -3.89. The van der Waals surface area contributed by atoms with Crippen LogP contribution in [-0.2, 0) is 21.4 Å². The second-order valence-electron chi connectivity index (χ2n) is 12.1. The number of fused-ring (bicyclic) bond motifs is 1. The van der Waals surface area contributed by atoms with Crippen LogP contribution in [0, 0.1) is 31.6 Å². The average Bonchev–Trinajstić information content (AvgIpc) is 3.41. The molecule has 222 valence electrons. The minimum atomic E-state index is -3.89. The van der Waals surface area contributed by atoms with Crippen LogP contribution in [0.4, 0.5) is 0 Å². The van der Waals surface area contributed by atoms with E-state index in [2.05, 4.69) is 56.1 Å². The summed E-state index contributed by atoms with van der Waals surface area (Å²) in [5.74, 6) is 1.02. The number of furan rings is 1. The number of aryl methyl sites for hydroxylation is 2. The normalized spacial score (nSPS) is 13.3. The third kappa shape index (κ3) is 9.39. The van der Waals surface area contributed by atoms with Crippen LogP contribution >= 0.6 is 11.3 Å². The molecular weight excluding hydrogens is 544 g/mol. The van der Waals surface area contributed by atoms with Crippen molar-refractivity contribution in [1.29, 1.82) is 0 Å². The van der Waals surface area contributed by atoms with Gasteiger partial charge in [-0.1, -0.05) is 41.5 Å². The lowest BCUT2D eigenvalue weighted by Crippen LogP contribution is -2.48. The van der Waals surface area contributed by atoms with Crippen LogP contribution in [0.5, 0.6) is 0 Å². The summed E-state index contributed by atoms with van der Waals surface area (Å²) in [4.78, 5) is 23.7. The van der Waals surface area contributed by atoms with E-state index in [0.29, 0.717) is 37.1 Å². The number of hydrogen-bond acceptors (Lipinski definition) is 7. The van der Waals surface area contributed by atoms with E-state index in [1.807, 2.05) is 18.7 Å². The third-order valence-electron chi connectivity index (χ3n) is 6.47. The molecule has 0 saturated heterocycles. The van der Waals surface area contributed by atoms with Gasteiger partial charge in [0, 0.05) is 48.9 Å². The summed E-state index contributed by atoms with van der Waals surface area (Å²) < 4.78 is 35.5. The van der Waals surface area contributed by atoms with E-state index in [0.717, 1.165) is 34.1 Å². The molecule has 0 saturated carbocycles. The first kappa shape index (κ1) is 32.2. The van der Waals surface area contributed by atoms with E-state index in [1.165, 1.54) is 0 Å². The summed E-state index contributed by atoms with van der Waals surface area (Å²) in [5.41, 5.74) is 1.57. The molecule has 1 amide bonds. The average molecular weight is 591 g/mol. The van der Waals surface area contributed by atoms with Crippen molar-refractivity contribution in [2.24, 2.45) is 17.8 Å². The number of aromatic nitrogens is 1. The van der Waals surface area contributed by atoms with Gasteiger partial charge in [-0.25, -0.2) is 18.1 Å². The fourth-order valence-electron chi connectivity index (χ4n) is 5.04. The second kappa shape index (κ2) is 14.1. The van der Waals surface area contributed by atoms with Gasteiger partial charge in [0.15, 0.2) is 0 Å². The van der Waals surface area contributed by atoms with Crippen LogP contribution in [0.25, 0.3) is 11.0 Å². The Labute approximate surface area is 244 Å². The first-order chi connectivity index (χ1) is 18.7. The van der Waals surface area contributed by atoms with Crippen LogP contribution in [0.1, 0.15) is 63.5 Å². The lowest BCUT2D eigenvalue weighted by molar-refractivity contribution is -0.132. The van der Waals surface area contributed by atoms with Gasteiger partial charge in [-0.2, -0.15) is 0 Å². The maximum absolute atomic E-state index is 13.8. The molecule has 1 N–H and O–H groups in total. The molecule has 0 spiro atoms. The molecule has 0 bridgehead atoms. The van der Waals surface area contributed by atoms with Crippen molar-refractivity contribution in [3.8, 4) is 0 Å². The number of carbonyl (C=O) groups excluding carboxylic acids is 1. The van der Waals surface area contributed by atoms with Crippen LogP contribution in [0.3, 0.4) is 0 Å². The Morgan fingerprint density at radius 2 is 1.62 bits per heavy atom. The van der Waals surface area contributed by atoms with E-state index >= 15 is 0 Å². The van der Waals surface area contributed by atoms with Gasteiger partial charge in [0.1, 0.15) is 5.58 Å². The SMILES string of the molecule is Cc1nc(C)c(CN(CC(C)C)C(=O)C[C@@H](CN(CC(C)C)CC(C)C)NS(=O)(=O)c2ccc3occc3c2)s1. The minimum absolute atomic E-state index is 0.0637. The Morgan fingerprint density at radius 1 is 0.975 bits per heavy atom. The number of rotatable bonds is 15. The summed E-state index contributed by atoms with van der Waals surface area (Å²) in [6, 6.07) is 5.98. The Bertz CT molecular complexity index is 1350. The summed E-state index contributed by atoms with van der Waals surface area (Å²) in [5, 5.41) is 1.69. The molecule has 0 aliphatic rings. The Balaban J connectivity index is 1.89. The van der Waals surface area contributed by atoms with E-state index in [-0.39, 0.29) is 23.1 Å². The highest BCUT2D eigenvalue weighted by Gasteiger charge is 2.28. The molecule has 1 aromatic carbocycles. The second-order valence-corrected chi connectivity index (χ2v) is 15.1. The molecule has 0 radical (unpaired) electrons. The largest absolute Gasteiger partial charge is 0.464 e. The smallest absolute Gasteiger partial charge is 0.240 e. The van der Waals surface area contributed by atoms with Gasteiger partial charge in [0.2, 0.25) is 15.9 Å². The number of nitrogens with zero attached hydrogens (tertiary/aromatic N) is 3. The number of benzene rings is 1. The lowest BCUT2D eigenvalue weighted by atomic mass is 10.1. The Morgan fingerprint density at radius 3 is 2.20 bits per heavy atom. The van der Waals surface area contributed by atoms with Crippen molar-refractivity contribution in [2.75, 3.05) is 26.2 Å². The standard InChI is InChI=1S/C30H46N4O4S2/c1-20(2)15-33(16-21(3)4)18-26(32-40(36,37)27-9-10-28-25(13-27)11-12-38-28)14-30(35)34(17-22(5)6)19-29-23(7)31-24(8)39-29/h9-13,20-22,26,32H,14-19H2,1-8H3/t26-/m0/s1. The van der Waals surface area contributed by atoms with Gasteiger partial charge in [-0.3, -0.25) is 4.79 Å². The summed E-state index contributed by atoms with van der Waals surface area (Å²) in [6.07, 6.45) is 1.62. The van der Waals surface area contributed by atoms with Crippen molar-refractivity contribution >= 4 is 38.2 Å². The van der Waals surface area contributed by atoms with Gasteiger partial charge in [0.25, 0.3) is 0 Å². The monoisotopic (exact) mass is 590 g/mol. The molecule has 3 rings (SSSR count). The fraction of sp³-hybridized carbons (Fsp3) is 0.600. The molecule has 0 unspecified atom stereocenters. The molecule has 2 heterocycles. The molecule has 1 atom stereocenters. The van der Waals surface area contributed by atoms with Crippen LogP contribution in [0.15, 0.2) is 39.8 Å². The quantitative estimate of drug-likeness (QED) is 0.239. The molecule has 0 fully saturated rings. The van der Waals surface area contributed by atoms with E-state index in [9.17, 15) is 13.2 Å². The Kier molecular flexibility index (Phi) is 11.3. The zero-order valence-electron chi connectivity index (χ0n) is 25.2. The maximum Gasteiger partial charge on any atom is 0.240 e. The molecular formula is C30H46N4O4S2. The molecule has 40 heavy (non-hydrogen) atoms. The maximum atomic E-state index is 13.8. The van der Waals surface area contributed by atoms with Crippen LogP contribution < -0.4 is 4.72 Å². The van der Waals surface area contributed by atoms with Gasteiger partial charge in [-0.05, 0) is 55.9 Å². The zero-order chi connectivity index (χ0) is 29.6. The molecule has 8 nitrogen and oxygen atoms in total. The van der Waals surface area contributed by atoms with E-state index in [4.69, 9.17) is 4.42 Å². The van der Waals surface area contributed by atoms with Crippen molar-refractivity contribution in [3.63, 3.8) is 0 Å². The van der Waals surface area contributed by atoms with Crippen LogP contribution in [-0.4, -0.2) is 61.3 Å². The van der Waals surface area contributed by atoms with Crippen molar-refractivity contribution < 1.29 is 17.6 Å². The minimum Gasteiger partial charge on any atom is -0.464 e. The van der Waals surface area contributed by atoms with E-state index in [1.54, 1.807) is 41.9 Å². The van der Waals surface area contributed by atoms with Gasteiger partial charge in [-0.15, -0.1) is 11.3 Å². The highest BCUT2D eigenvalue weighted by atomic mass is 32.2. The number of hydrogen-bond donors (Lipinski definition) is 1. The van der Waals surface area contributed by atoms with E-state index < -0.39 is 16.1 Å². The number of amides is 1. The predicted molar refractivity (Wildman–Crippen MR) is 163 cm³/mol. The topological polar surface area (TPSA) is 95.8 Å². The first-order valence-electron chi connectivity index (χ1n) is 14.2. The van der Waals surface area contributed by atoms with Crippen LogP contribution in [0.2, 0.25) is 0 Å². The zero-order valence-corrected chi connectivity index (χ0v) is 26.9. The third-order valence-corrected chi connectivity index (χ3v) is 9.05. The van der Waals surface area contributed by atoms with Gasteiger partial charge in [0.05, 0.1) is 28.4 Å². The Hall–Kier alpha value is -2.27. The number of carbonyl (C=O) groups is 1. The van der Waals surface area contributed by atoms with Crippen molar-refractivity contribution in [3.05, 3.63) is 46.1 Å². The summed E-state index contributed by atoms with van der Waals surface area (Å²) >= 11 is 1.61. The molecule has 3 aromatic rings.